The lowest BCUT2D eigenvalue weighted by atomic mass is 9.47. The highest BCUT2D eigenvalue weighted by Gasteiger charge is 2.78. The van der Waals surface area contributed by atoms with Gasteiger partial charge in [0, 0.05) is 90.9 Å². The van der Waals surface area contributed by atoms with E-state index in [4.69, 9.17) is 14.2 Å². The molecule has 4 aromatic rings. The van der Waals surface area contributed by atoms with Crippen molar-refractivity contribution in [2.24, 2.45) is 11.3 Å². The van der Waals surface area contributed by atoms with Crippen molar-refractivity contribution in [1.29, 1.82) is 0 Å². The number of esters is 2. The molecule has 1 spiro atoms. The fourth-order valence-electron chi connectivity index (χ4n) is 13.9. The van der Waals surface area contributed by atoms with Crippen LogP contribution in [0.25, 0.3) is 10.9 Å². The number of hydrogen-bond donors (Lipinski definition) is 3. The molecule has 1 unspecified atom stereocenters. The summed E-state index contributed by atoms with van der Waals surface area (Å²) in [5.74, 6) is -0.518. The second-order valence-corrected chi connectivity index (χ2v) is 19.3. The first kappa shape index (κ1) is 42.5. The summed E-state index contributed by atoms with van der Waals surface area (Å²) in [4.78, 5) is 53.4. The normalized spacial score (nSPS) is 32.3. The number of fused-ring (bicyclic) bond motifs is 6. The molecule has 6 heterocycles. The third-order valence-corrected chi connectivity index (χ3v) is 16.1. The van der Waals surface area contributed by atoms with Crippen LogP contribution in [0.5, 0.6) is 5.75 Å². The van der Waals surface area contributed by atoms with Crippen molar-refractivity contribution in [1.82, 2.24) is 20.1 Å². The number of carbonyl (C=O) groups excluding carboxylic acids is 3. The van der Waals surface area contributed by atoms with Crippen LogP contribution in [0.2, 0.25) is 0 Å². The first-order valence-electron chi connectivity index (χ1n) is 23.1. The van der Waals surface area contributed by atoms with Gasteiger partial charge in [-0.1, -0.05) is 86.2 Å². The molecule has 9 atom stereocenters. The van der Waals surface area contributed by atoms with E-state index >= 15 is 4.79 Å². The van der Waals surface area contributed by atoms with Crippen molar-refractivity contribution in [3.8, 4) is 5.75 Å². The molecule has 2 bridgehead atoms. The van der Waals surface area contributed by atoms with Gasteiger partial charge in [-0.25, -0.2) is 0 Å². The summed E-state index contributed by atoms with van der Waals surface area (Å²) in [5, 5.41) is 18.1. The molecule has 12 nitrogen and oxygen atoms in total. The number of methoxy groups -OCH3 is 2. The lowest BCUT2D eigenvalue weighted by Crippen LogP contribution is -2.81. The largest absolute Gasteiger partial charge is 0.496 e. The molecule has 3 N–H and O–H groups in total. The van der Waals surface area contributed by atoms with Gasteiger partial charge in [-0.2, -0.15) is 0 Å². The Kier molecular flexibility index (Phi) is 10.4. The van der Waals surface area contributed by atoms with E-state index in [1.807, 2.05) is 49.5 Å². The summed E-state index contributed by atoms with van der Waals surface area (Å²) >= 11 is 0. The SMILES string of the molecule is CCC1=C[C@@H]2CN(C1)Cc1c([nH]c3ccccc13)[C@@](C(=O)OC)(c1cc3c(cc1OC)N(C)[C@H]1[C@@](O)(CNC(=O)Cc4ccccc4)[C@H](OC(C)=O)[C@]4(CC)C=CCN5CC[C@]31[C@@H]54)C2. The topological polar surface area (TPSA) is 137 Å². The number of amides is 1. The number of nitrogens with zero attached hydrogens (tertiary/aromatic N) is 3. The lowest BCUT2D eigenvalue weighted by molar-refractivity contribution is -0.217. The lowest BCUT2D eigenvalue weighted by Gasteiger charge is -2.64. The highest BCUT2D eigenvalue weighted by Crippen LogP contribution is 2.68. The van der Waals surface area contributed by atoms with Crippen LogP contribution in [0, 0.1) is 11.3 Å². The summed E-state index contributed by atoms with van der Waals surface area (Å²) in [6.07, 6.45) is 8.45. The van der Waals surface area contributed by atoms with Gasteiger partial charge >= 0.3 is 11.9 Å². The Labute approximate surface area is 375 Å². The van der Waals surface area contributed by atoms with Gasteiger partial charge in [0.1, 0.15) is 22.9 Å². The fourth-order valence-corrected chi connectivity index (χ4v) is 13.9. The standard InChI is InChI=1S/C52H61N5O7/c1-7-33-23-35-27-51(48(60)63-6,44-37(30-56(28-33)29-35)36-17-12-13-18-40(36)54-44)39-25-38-41(26-42(39)62-5)55(4)46-50(38)20-22-57-21-14-19-49(8-2,45(50)57)47(64-32(3)58)52(46,61)31-53-43(59)24-34-15-10-9-11-16-34/h9-19,23,25-26,35,45-47,54,61H,7-8,20-22,24,27-31H2,1-6H3,(H,53,59)/t35-,45-,46+,47+,49+,50+,51-,52-/m0/s1. The Balaban J connectivity index is 1.21. The molecule has 1 saturated heterocycles. The number of aromatic nitrogens is 1. The molecular formula is C52H61N5O7. The van der Waals surface area contributed by atoms with Gasteiger partial charge in [-0.05, 0) is 67.0 Å². The van der Waals surface area contributed by atoms with Crippen LogP contribution in [0.1, 0.15) is 74.4 Å². The maximum Gasteiger partial charge on any atom is 0.322 e. The number of likely N-dealkylation sites (N-methyl/N-ethyl adjacent to an activating group) is 1. The van der Waals surface area contributed by atoms with E-state index in [-0.39, 0.29) is 36.8 Å². The third kappa shape index (κ3) is 6.00. The zero-order valence-electron chi connectivity index (χ0n) is 37.9. The number of aromatic amines is 1. The highest BCUT2D eigenvalue weighted by atomic mass is 16.6. The minimum absolute atomic E-state index is 0.0378. The van der Waals surface area contributed by atoms with Crippen molar-refractivity contribution >= 4 is 34.4 Å². The summed E-state index contributed by atoms with van der Waals surface area (Å²) in [7, 11) is 5.13. The Morgan fingerprint density at radius 1 is 0.984 bits per heavy atom. The zero-order valence-corrected chi connectivity index (χ0v) is 37.9. The van der Waals surface area contributed by atoms with Crippen molar-refractivity contribution in [3.63, 3.8) is 0 Å². The minimum Gasteiger partial charge on any atom is -0.496 e. The van der Waals surface area contributed by atoms with Gasteiger partial charge in [0.2, 0.25) is 5.91 Å². The molecule has 1 aliphatic carbocycles. The van der Waals surface area contributed by atoms with Crippen LogP contribution < -0.4 is 15.0 Å². The number of ether oxygens (including phenoxy) is 3. The number of nitrogens with one attached hydrogen (secondary N) is 2. The quantitative estimate of drug-likeness (QED) is 0.130. The summed E-state index contributed by atoms with van der Waals surface area (Å²) in [5.41, 5.74) is 2.96. The second-order valence-electron chi connectivity index (χ2n) is 19.3. The summed E-state index contributed by atoms with van der Waals surface area (Å²) in [6, 6.07) is 21.2. The number of H-pyrrole nitrogens is 1. The molecule has 12 heteroatoms. The van der Waals surface area contributed by atoms with E-state index in [1.165, 1.54) is 19.6 Å². The number of para-hydroxylation sites is 1. The van der Waals surface area contributed by atoms with E-state index in [0.717, 1.165) is 70.6 Å². The van der Waals surface area contributed by atoms with E-state index in [2.05, 4.69) is 81.3 Å². The van der Waals surface area contributed by atoms with Crippen LogP contribution in [-0.4, -0.2) is 116 Å². The molecule has 1 saturated carbocycles. The fraction of sp³-hybridized carbons (Fsp3) is 0.481. The van der Waals surface area contributed by atoms with Crippen LogP contribution in [-0.2, 0) is 47.7 Å². The molecule has 5 aliphatic heterocycles. The molecule has 10 rings (SSSR count). The average Bonchev–Trinajstić information content (AvgIpc) is 3.95. The van der Waals surface area contributed by atoms with E-state index in [9.17, 15) is 14.7 Å². The van der Waals surface area contributed by atoms with Crippen LogP contribution in [0.4, 0.5) is 5.69 Å². The van der Waals surface area contributed by atoms with Crippen LogP contribution in [0.3, 0.4) is 0 Å². The maximum atomic E-state index is 15.3. The molecule has 1 amide bonds. The first-order valence-corrected chi connectivity index (χ1v) is 23.1. The smallest absolute Gasteiger partial charge is 0.322 e. The van der Waals surface area contributed by atoms with Crippen LogP contribution >= 0.6 is 0 Å². The Morgan fingerprint density at radius 3 is 2.50 bits per heavy atom. The van der Waals surface area contributed by atoms with Crippen molar-refractivity contribution in [3.05, 3.63) is 118 Å². The number of anilines is 1. The van der Waals surface area contributed by atoms with Gasteiger partial charge in [-0.3, -0.25) is 24.2 Å². The van der Waals surface area contributed by atoms with Gasteiger partial charge in [0.05, 0.1) is 33.2 Å². The predicted molar refractivity (Wildman–Crippen MR) is 245 cm³/mol. The van der Waals surface area contributed by atoms with Gasteiger partial charge in [0.25, 0.3) is 0 Å². The number of rotatable bonds is 10. The molecule has 2 fully saturated rings. The Bertz CT molecular complexity index is 2590. The number of benzene rings is 3. The third-order valence-electron chi connectivity index (χ3n) is 16.1. The zero-order chi connectivity index (χ0) is 44.8. The molecule has 0 radical (unpaired) electrons. The Hall–Kier alpha value is -5.43. The minimum atomic E-state index is -1.78. The van der Waals surface area contributed by atoms with Crippen molar-refractivity contribution in [2.45, 2.75) is 94.0 Å². The van der Waals surface area contributed by atoms with Crippen LogP contribution in [0.15, 0.2) is 90.5 Å². The molecule has 336 valence electrons. The molecular weight excluding hydrogens is 807 g/mol. The average molecular weight is 868 g/mol. The van der Waals surface area contributed by atoms with Gasteiger partial charge < -0.3 is 34.5 Å². The second kappa shape index (κ2) is 15.6. The van der Waals surface area contributed by atoms with E-state index < -0.39 is 40.0 Å². The molecule has 6 aliphatic rings. The summed E-state index contributed by atoms with van der Waals surface area (Å²) < 4.78 is 18.9. The monoisotopic (exact) mass is 867 g/mol. The number of aliphatic hydroxyl groups is 1. The molecule has 3 aromatic carbocycles. The highest BCUT2D eigenvalue weighted by molar-refractivity contribution is 5.94. The molecule has 1 aromatic heterocycles. The van der Waals surface area contributed by atoms with E-state index in [1.54, 1.807) is 7.11 Å². The van der Waals surface area contributed by atoms with Crippen molar-refractivity contribution in [2.75, 3.05) is 58.9 Å². The van der Waals surface area contributed by atoms with Gasteiger partial charge in [-0.15, -0.1) is 0 Å². The molecule has 64 heavy (non-hydrogen) atoms. The summed E-state index contributed by atoms with van der Waals surface area (Å²) in [6.45, 7) is 9.34. The maximum absolute atomic E-state index is 15.3. The van der Waals surface area contributed by atoms with E-state index in [0.29, 0.717) is 38.1 Å². The predicted octanol–water partition coefficient (Wildman–Crippen LogP) is 5.94. The first-order chi connectivity index (χ1) is 30.9. The van der Waals surface area contributed by atoms with Gasteiger partial charge in [0.15, 0.2) is 0 Å². The Morgan fingerprint density at radius 2 is 1.77 bits per heavy atom. The number of carbonyl (C=O) groups is 3. The van der Waals surface area contributed by atoms with Crippen molar-refractivity contribution < 1.29 is 33.7 Å². The number of hydrogen-bond acceptors (Lipinski definition) is 10.